The summed E-state index contributed by atoms with van der Waals surface area (Å²) in [6, 6.07) is 2.31. The molecule has 0 aliphatic heterocycles. The summed E-state index contributed by atoms with van der Waals surface area (Å²) in [5, 5.41) is 8.70. The molecule has 3 rings (SSSR count). The topological polar surface area (TPSA) is 57.6 Å². The van der Waals surface area contributed by atoms with Gasteiger partial charge in [-0.05, 0) is 56.2 Å². The number of rotatable bonds is 6. The number of thiophene rings is 1. The highest BCUT2D eigenvalue weighted by atomic mass is 32.1. The minimum Gasteiger partial charge on any atom is -0.478 e. The molecule has 1 amide bonds. The van der Waals surface area contributed by atoms with Crippen molar-refractivity contribution in [3.8, 4) is 0 Å². The molecule has 112 valence electrons. The quantitative estimate of drug-likeness (QED) is 0.821. The second-order valence-electron chi connectivity index (χ2n) is 5.96. The number of carboxylic acid groups (broad SMARTS) is 1. The molecule has 0 bridgehead atoms. The fraction of sp³-hybridized carbons (Fsp3) is 0.500. The van der Waals surface area contributed by atoms with Gasteiger partial charge in [0.05, 0.1) is 4.88 Å². The van der Waals surface area contributed by atoms with Gasteiger partial charge in [-0.1, -0.05) is 0 Å². The van der Waals surface area contributed by atoms with Gasteiger partial charge < -0.3 is 10.0 Å². The Labute approximate surface area is 128 Å². The van der Waals surface area contributed by atoms with Gasteiger partial charge in [-0.3, -0.25) is 4.79 Å². The lowest BCUT2D eigenvalue weighted by Gasteiger charge is -2.21. The van der Waals surface area contributed by atoms with Gasteiger partial charge in [-0.15, -0.1) is 11.3 Å². The molecular formula is C16H19NO3S. The highest BCUT2D eigenvalue weighted by molar-refractivity contribution is 7.15. The molecular weight excluding hydrogens is 286 g/mol. The third kappa shape index (κ3) is 3.53. The van der Waals surface area contributed by atoms with Crippen LogP contribution in [0.2, 0.25) is 0 Å². The number of carbonyl (C=O) groups is 2. The van der Waals surface area contributed by atoms with Crippen molar-refractivity contribution >= 4 is 29.3 Å². The van der Waals surface area contributed by atoms with Crippen LogP contribution in [0.1, 0.15) is 45.8 Å². The minimum atomic E-state index is -0.969. The normalized spacial score (nSPS) is 18.1. The Morgan fingerprint density at radius 2 is 2.10 bits per heavy atom. The molecule has 2 aliphatic rings. The van der Waals surface area contributed by atoms with Crippen LogP contribution in [0, 0.1) is 12.8 Å². The monoisotopic (exact) mass is 305 g/mol. The van der Waals surface area contributed by atoms with E-state index in [-0.39, 0.29) is 5.91 Å². The molecule has 1 heterocycles. The zero-order chi connectivity index (χ0) is 15.0. The fourth-order valence-corrected chi connectivity index (χ4v) is 3.45. The van der Waals surface area contributed by atoms with Crippen molar-refractivity contribution in [3.05, 3.63) is 27.5 Å². The van der Waals surface area contributed by atoms with Gasteiger partial charge in [0.2, 0.25) is 0 Å². The van der Waals surface area contributed by atoms with Gasteiger partial charge in [-0.25, -0.2) is 4.79 Å². The summed E-state index contributed by atoms with van der Waals surface area (Å²) in [6.45, 7) is 2.80. The van der Waals surface area contributed by atoms with Crippen LogP contribution < -0.4 is 0 Å². The number of hydrogen-bond acceptors (Lipinski definition) is 3. The van der Waals surface area contributed by atoms with Crippen LogP contribution in [0.25, 0.3) is 6.08 Å². The minimum absolute atomic E-state index is 0.118. The SMILES string of the molecule is Cc1cc(C(=O)N(CC2CC2)C2CC2)sc1/C=C/C(=O)O. The average Bonchev–Trinajstić information content (AvgIpc) is 3.32. The van der Waals surface area contributed by atoms with Crippen LogP contribution in [-0.4, -0.2) is 34.5 Å². The number of aryl methyl sites for hydroxylation is 1. The summed E-state index contributed by atoms with van der Waals surface area (Å²) >= 11 is 1.39. The average molecular weight is 305 g/mol. The predicted octanol–water partition coefficient (Wildman–Crippen LogP) is 3.17. The van der Waals surface area contributed by atoms with Crippen LogP contribution in [0.4, 0.5) is 0 Å². The largest absolute Gasteiger partial charge is 0.478 e. The van der Waals surface area contributed by atoms with Crippen molar-refractivity contribution in [3.63, 3.8) is 0 Å². The summed E-state index contributed by atoms with van der Waals surface area (Å²) in [6.07, 6.45) is 7.42. The van der Waals surface area contributed by atoms with Crippen molar-refractivity contribution in [2.24, 2.45) is 5.92 Å². The Balaban J connectivity index is 1.76. The second kappa shape index (κ2) is 5.64. The molecule has 0 unspecified atom stereocenters. The Bertz CT molecular complexity index is 597. The zero-order valence-corrected chi connectivity index (χ0v) is 12.9. The van der Waals surface area contributed by atoms with E-state index in [1.165, 1.54) is 24.2 Å². The van der Waals surface area contributed by atoms with Gasteiger partial charge in [0.25, 0.3) is 5.91 Å². The Kier molecular flexibility index (Phi) is 3.85. The summed E-state index contributed by atoms with van der Waals surface area (Å²) in [5.74, 6) is -0.154. The molecule has 2 saturated carbocycles. The van der Waals surface area contributed by atoms with Gasteiger partial charge >= 0.3 is 5.97 Å². The molecule has 0 spiro atoms. The van der Waals surface area contributed by atoms with E-state index in [1.807, 2.05) is 17.9 Å². The molecule has 2 fully saturated rings. The van der Waals surface area contributed by atoms with Crippen LogP contribution in [0.15, 0.2) is 12.1 Å². The number of amides is 1. The molecule has 1 N–H and O–H groups in total. The summed E-state index contributed by atoms with van der Waals surface area (Å²) in [5.41, 5.74) is 0.961. The van der Waals surface area contributed by atoms with Gasteiger partial charge in [0.1, 0.15) is 0 Å². The Morgan fingerprint density at radius 1 is 1.38 bits per heavy atom. The molecule has 21 heavy (non-hydrogen) atoms. The summed E-state index contributed by atoms with van der Waals surface area (Å²) in [4.78, 5) is 26.9. The third-order valence-electron chi connectivity index (χ3n) is 3.94. The van der Waals surface area contributed by atoms with Crippen molar-refractivity contribution in [1.82, 2.24) is 4.90 Å². The number of carbonyl (C=O) groups excluding carboxylic acids is 1. The smallest absolute Gasteiger partial charge is 0.328 e. The van der Waals surface area contributed by atoms with E-state index in [4.69, 9.17) is 5.11 Å². The van der Waals surface area contributed by atoms with Crippen molar-refractivity contribution in [2.45, 2.75) is 38.6 Å². The molecule has 0 atom stereocenters. The van der Waals surface area contributed by atoms with E-state index < -0.39 is 5.97 Å². The maximum Gasteiger partial charge on any atom is 0.328 e. The van der Waals surface area contributed by atoms with E-state index in [2.05, 4.69) is 0 Å². The van der Waals surface area contributed by atoms with E-state index >= 15 is 0 Å². The molecule has 1 aromatic heterocycles. The van der Waals surface area contributed by atoms with Gasteiger partial charge in [-0.2, -0.15) is 0 Å². The molecule has 5 heteroatoms. The van der Waals surface area contributed by atoms with E-state index in [1.54, 1.807) is 6.08 Å². The molecule has 0 saturated heterocycles. The van der Waals surface area contributed by atoms with Gasteiger partial charge in [0, 0.05) is 23.5 Å². The number of carboxylic acids is 1. The lowest BCUT2D eigenvalue weighted by molar-refractivity contribution is -0.131. The lowest BCUT2D eigenvalue weighted by atomic mass is 10.2. The lowest BCUT2D eigenvalue weighted by Crippen LogP contribution is -2.34. The maximum absolute atomic E-state index is 12.7. The molecule has 2 aliphatic carbocycles. The first-order chi connectivity index (χ1) is 10.0. The van der Waals surface area contributed by atoms with E-state index in [9.17, 15) is 9.59 Å². The molecule has 1 aromatic rings. The first-order valence-electron chi connectivity index (χ1n) is 7.37. The highest BCUT2D eigenvalue weighted by Crippen LogP contribution is 2.36. The first-order valence-corrected chi connectivity index (χ1v) is 8.18. The summed E-state index contributed by atoms with van der Waals surface area (Å²) in [7, 11) is 0. The first kappa shape index (κ1) is 14.3. The van der Waals surface area contributed by atoms with Crippen molar-refractivity contribution < 1.29 is 14.7 Å². The standard InChI is InChI=1S/C16H19NO3S/c1-10-8-14(21-13(10)6-7-15(18)19)16(20)17(12-4-5-12)9-11-2-3-11/h6-8,11-12H,2-5,9H2,1H3,(H,18,19)/b7-6+. The summed E-state index contributed by atoms with van der Waals surface area (Å²) < 4.78 is 0. The van der Waals surface area contributed by atoms with E-state index in [0.717, 1.165) is 40.8 Å². The van der Waals surface area contributed by atoms with Crippen molar-refractivity contribution in [2.75, 3.05) is 6.54 Å². The maximum atomic E-state index is 12.7. The second-order valence-corrected chi connectivity index (χ2v) is 7.05. The van der Waals surface area contributed by atoms with Crippen LogP contribution in [-0.2, 0) is 4.79 Å². The van der Waals surface area contributed by atoms with Crippen LogP contribution in [0.3, 0.4) is 0 Å². The number of aliphatic carboxylic acids is 1. The molecule has 0 radical (unpaired) electrons. The highest BCUT2D eigenvalue weighted by Gasteiger charge is 2.37. The van der Waals surface area contributed by atoms with E-state index in [0.29, 0.717) is 12.0 Å². The number of nitrogens with zero attached hydrogens (tertiary/aromatic N) is 1. The fourth-order valence-electron chi connectivity index (χ4n) is 2.42. The Hall–Kier alpha value is -1.62. The van der Waals surface area contributed by atoms with Crippen LogP contribution >= 0.6 is 11.3 Å². The Morgan fingerprint density at radius 3 is 2.67 bits per heavy atom. The number of hydrogen-bond donors (Lipinski definition) is 1. The third-order valence-corrected chi connectivity index (χ3v) is 5.13. The van der Waals surface area contributed by atoms with Crippen LogP contribution in [0.5, 0.6) is 0 Å². The molecule has 0 aromatic carbocycles. The van der Waals surface area contributed by atoms with Crippen molar-refractivity contribution in [1.29, 1.82) is 0 Å². The predicted molar refractivity (Wildman–Crippen MR) is 82.5 cm³/mol. The van der Waals surface area contributed by atoms with Gasteiger partial charge in [0.15, 0.2) is 0 Å². The molecule has 4 nitrogen and oxygen atoms in total. The zero-order valence-electron chi connectivity index (χ0n) is 12.0.